The fraction of sp³-hybridized carbons (Fsp3) is 0.278. The van der Waals surface area contributed by atoms with Crippen LogP contribution in [0.25, 0.3) is 0 Å². The largest absolute Gasteiger partial charge is 0.493 e. The van der Waals surface area contributed by atoms with Gasteiger partial charge in [0.15, 0.2) is 0 Å². The van der Waals surface area contributed by atoms with Crippen LogP contribution in [-0.4, -0.2) is 13.2 Å². The van der Waals surface area contributed by atoms with Gasteiger partial charge in [-0.2, -0.15) is 5.26 Å². The zero-order valence-corrected chi connectivity index (χ0v) is 12.3. The maximum absolute atomic E-state index is 9.40. The molecule has 0 heterocycles. The third-order valence-electron chi connectivity index (χ3n) is 3.26. The molecule has 3 heteroatoms. The molecule has 0 amide bonds. The Kier molecular flexibility index (Phi) is 5.81. The van der Waals surface area contributed by atoms with E-state index < -0.39 is 0 Å². The van der Waals surface area contributed by atoms with Gasteiger partial charge in [0, 0.05) is 12.1 Å². The van der Waals surface area contributed by atoms with E-state index >= 15 is 0 Å². The first-order chi connectivity index (χ1) is 10.3. The average molecular weight is 280 g/mol. The van der Waals surface area contributed by atoms with Crippen LogP contribution in [0.15, 0.2) is 54.6 Å². The Labute approximate surface area is 126 Å². The zero-order valence-electron chi connectivity index (χ0n) is 12.3. The normalized spacial score (nSPS) is 11.6. The molecule has 0 radical (unpaired) electrons. The lowest BCUT2D eigenvalue weighted by Crippen LogP contribution is -2.23. The Balaban J connectivity index is 1.99. The minimum Gasteiger partial charge on any atom is -0.493 e. The molecule has 21 heavy (non-hydrogen) atoms. The third-order valence-corrected chi connectivity index (χ3v) is 3.26. The van der Waals surface area contributed by atoms with Crippen molar-refractivity contribution in [3.8, 4) is 11.8 Å². The van der Waals surface area contributed by atoms with Crippen molar-refractivity contribution in [3.63, 3.8) is 0 Å². The van der Waals surface area contributed by atoms with Crippen LogP contribution < -0.4 is 10.1 Å². The van der Waals surface area contributed by atoms with Gasteiger partial charge in [-0.05, 0) is 25.0 Å². The Morgan fingerprint density at radius 2 is 1.81 bits per heavy atom. The summed E-state index contributed by atoms with van der Waals surface area (Å²) in [6.45, 7) is 3.29. The Hall–Kier alpha value is -2.31. The number of nitrogens with zero attached hydrogens (tertiary/aromatic N) is 1. The van der Waals surface area contributed by atoms with Gasteiger partial charge in [-0.1, -0.05) is 48.5 Å². The lowest BCUT2D eigenvalue weighted by molar-refractivity contribution is 0.334. The topological polar surface area (TPSA) is 45.0 Å². The van der Waals surface area contributed by atoms with Gasteiger partial charge in [-0.3, -0.25) is 5.32 Å². The summed E-state index contributed by atoms with van der Waals surface area (Å²) in [6.07, 6.45) is 0.899. The summed E-state index contributed by atoms with van der Waals surface area (Å²) in [5.41, 5.74) is 2.16. The number of hydrogen-bond donors (Lipinski definition) is 1. The zero-order chi connectivity index (χ0) is 14.9. The molecular formula is C18H20N2O. The summed E-state index contributed by atoms with van der Waals surface area (Å²) in [7, 11) is 0. The van der Waals surface area contributed by atoms with Crippen molar-refractivity contribution in [3.05, 3.63) is 65.7 Å². The molecule has 0 spiro atoms. The maximum atomic E-state index is 9.40. The molecule has 2 rings (SSSR count). The molecule has 2 aromatic rings. The van der Waals surface area contributed by atoms with Crippen molar-refractivity contribution in [2.75, 3.05) is 13.2 Å². The third kappa shape index (κ3) is 4.34. The van der Waals surface area contributed by atoms with E-state index in [4.69, 9.17) is 4.74 Å². The minimum absolute atomic E-state index is 0.350. The van der Waals surface area contributed by atoms with Crippen LogP contribution in [0.1, 0.15) is 24.1 Å². The highest BCUT2D eigenvalue weighted by Gasteiger charge is 2.14. The first-order valence-electron chi connectivity index (χ1n) is 7.23. The molecule has 0 saturated carbocycles. The molecule has 3 nitrogen and oxygen atoms in total. The van der Waals surface area contributed by atoms with Gasteiger partial charge in [-0.25, -0.2) is 0 Å². The van der Waals surface area contributed by atoms with Gasteiger partial charge in [0.05, 0.1) is 12.7 Å². The number of ether oxygens (including phenoxy) is 1. The predicted octanol–water partition coefficient (Wildman–Crippen LogP) is 3.48. The summed E-state index contributed by atoms with van der Waals surface area (Å²) >= 11 is 0. The summed E-state index contributed by atoms with van der Waals surface area (Å²) in [6, 6.07) is 19.9. The lowest BCUT2D eigenvalue weighted by Gasteiger charge is -2.16. The highest BCUT2D eigenvalue weighted by molar-refractivity contribution is 5.38. The Bertz CT molecular complexity index is 590. The highest BCUT2D eigenvalue weighted by atomic mass is 16.5. The van der Waals surface area contributed by atoms with E-state index in [2.05, 4.69) is 23.5 Å². The molecule has 2 aromatic carbocycles. The predicted molar refractivity (Wildman–Crippen MR) is 84.1 cm³/mol. The van der Waals surface area contributed by atoms with Gasteiger partial charge in [0.2, 0.25) is 0 Å². The summed E-state index contributed by atoms with van der Waals surface area (Å²) in [5.74, 6) is 0.777. The van der Waals surface area contributed by atoms with Crippen molar-refractivity contribution >= 4 is 0 Å². The van der Waals surface area contributed by atoms with Gasteiger partial charge >= 0.3 is 0 Å². The molecule has 0 aliphatic heterocycles. The molecule has 0 aliphatic carbocycles. The van der Waals surface area contributed by atoms with Crippen LogP contribution >= 0.6 is 0 Å². The van der Waals surface area contributed by atoms with Crippen molar-refractivity contribution < 1.29 is 4.74 Å². The van der Waals surface area contributed by atoms with E-state index in [1.54, 1.807) is 0 Å². The monoisotopic (exact) mass is 280 g/mol. The maximum Gasteiger partial charge on any atom is 0.125 e. The second kappa shape index (κ2) is 8.08. The van der Waals surface area contributed by atoms with E-state index in [1.165, 1.54) is 5.56 Å². The Morgan fingerprint density at radius 1 is 1.10 bits per heavy atom. The molecule has 0 bridgehead atoms. The van der Waals surface area contributed by atoms with Crippen molar-refractivity contribution in [2.24, 2.45) is 0 Å². The van der Waals surface area contributed by atoms with Crippen molar-refractivity contribution in [1.29, 1.82) is 5.26 Å². The molecule has 0 aromatic heterocycles. The molecule has 0 aliphatic rings. The molecular weight excluding hydrogens is 260 g/mol. The number of para-hydroxylation sites is 1. The van der Waals surface area contributed by atoms with Crippen LogP contribution in [0.5, 0.6) is 5.75 Å². The molecule has 1 N–H and O–H groups in total. The molecule has 0 saturated heterocycles. The van der Waals surface area contributed by atoms with Crippen molar-refractivity contribution in [1.82, 2.24) is 5.32 Å². The summed E-state index contributed by atoms with van der Waals surface area (Å²) in [4.78, 5) is 0. The van der Waals surface area contributed by atoms with E-state index in [-0.39, 0.29) is 6.04 Å². The van der Waals surface area contributed by atoms with E-state index in [0.29, 0.717) is 6.61 Å². The standard InChI is InChI=1S/C18H20N2O/c1-2-21-18-11-7-6-10-16(18)17(14-19)20-13-12-15-8-4-3-5-9-15/h3-11,17,20H,2,12-13H2,1H3. The number of nitrogens with one attached hydrogen (secondary N) is 1. The molecule has 1 unspecified atom stereocenters. The number of nitriles is 1. The van der Waals surface area contributed by atoms with E-state index in [1.807, 2.05) is 49.4 Å². The fourth-order valence-corrected chi connectivity index (χ4v) is 2.24. The molecule has 1 atom stereocenters. The van der Waals surface area contributed by atoms with Crippen LogP contribution in [0.2, 0.25) is 0 Å². The smallest absolute Gasteiger partial charge is 0.125 e. The molecule has 108 valence electrons. The minimum atomic E-state index is -0.350. The van der Waals surface area contributed by atoms with E-state index in [9.17, 15) is 5.26 Å². The van der Waals surface area contributed by atoms with Gasteiger partial charge in [0.1, 0.15) is 11.8 Å². The number of hydrogen-bond acceptors (Lipinski definition) is 3. The van der Waals surface area contributed by atoms with Crippen LogP contribution in [0, 0.1) is 11.3 Å². The average Bonchev–Trinajstić information content (AvgIpc) is 2.54. The van der Waals surface area contributed by atoms with Gasteiger partial charge in [-0.15, -0.1) is 0 Å². The quantitative estimate of drug-likeness (QED) is 0.844. The number of rotatable bonds is 7. The highest BCUT2D eigenvalue weighted by Crippen LogP contribution is 2.24. The van der Waals surface area contributed by atoms with Crippen molar-refractivity contribution in [2.45, 2.75) is 19.4 Å². The second-order valence-corrected chi connectivity index (χ2v) is 4.72. The van der Waals surface area contributed by atoms with Gasteiger partial charge < -0.3 is 4.74 Å². The van der Waals surface area contributed by atoms with Crippen LogP contribution in [-0.2, 0) is 6.42 Å². The van der Waals surface area contributed by atoms with Crippen LogP contribution in [0.4, 0.5) is 0 Å². The number of benzene rings is 2. The fourth-order valence-electron chi connectivity index (χ4n) is 2.24. The summed E-state index contributed by atoms with van der Waals surface area (Å²) in [5, 5.41) is 12.7. The van der Waals surface area contributed by atoms with E-state index in [0.717, 1.165) is 24.3 Å². The van der Waals surface area contributed by atoms with Gasteiger partial charge in [0.25, 0.3) is 0 Å². The second-order valence-electron chi connectivity index (χ2n) is 4.72. The van der Waals surface area contributed by atoms with Crippen LogP contribution in [0.3, 0.4) is 0 Å². The Morgan fingerprint density at radius 3 is 2.52 bits per heavy atom. The summed E-state index contributed by atoms with van der Waals surface area (Å²) < 4.78 is 5.59. The lowest BCUT2D eigenvalue weighted by atomic mass is 10.1. The first kappa shape index (κ1) is 15.1. The first-order valence-corrected chi connectivity index (χ1v) is 7.23. The SMILES string of the molecule is CCOc1ccccc1C(C#N)NCCc1ccccc1. The molecule has 0 fully saturated rings.